The topological polar surface area (TPSA) is 9.23 Å². The molecule has 0 amide bonds. The van der Waals surface area contributed by atoms with Crippen molar-refractivity contribution in [3.63, 3.8) is 0 Å². The molecule has 0 bridgehead atoms. The quantitative estimate of drug-likeness (QED) is 0.717. The zero-order chi connectivity index (χ0) is 15.3. The van der Waals surface area contributed by atoms with Gasteiger partial charge in [0.2, 0.25) is 6.62 Å². The SMILES string of the molecule is CC(C)(C)COC[P+](Cl)(c1ccccc1)c1ccccc1. The summed E-state index contributed by atoms with van der Waals surface area (Å²) in [4.78, 5) is 0. The van der Waals surface area contributed by atoms with Crippen molar-refractivity contribution in [3.8, 4) is 0 Å². The minimum atomic E-state index is -2.01. The van der Waals surface area contributed by atoms with Gasteiger partial charge in [0.25, 0.3) is 0 Å². The van der Waals surface area contributed by atoms with Gasteiger partial charge in [-0.3, -0.25) is 0 Å². The lowest BCUT2D eigenvalue weighted by Gasteiger charge is -2.22. The highest BCUT2D eigenvalue weighted by molar-refractivity contribution is 8.09. The van der Waals surface area contributed by atoms with Crippen LogP contribution in [0.25, 0.3) is 0 Å². The van der Waals surface area contributed by atoms with Crippen molar-refractivity contribution < 1.29 is 4.74 Å². The zero-order valence-electron chi connectivity index (χ0n) is 12.9. The van der Waals surface area contributed by atoms with Gasteiger partial charge in [-0.2, -0.15) is 0 Å². The monoisotopic (exact) mass is 321 g/mol. The molecule has 0 N–H and O–H groups in total. The number of hydrogen-bond donors (Lipinski definition) is 0. The van der Waals surface area contributed by atoms with E-state index in [1.807, 2.05) is 36.4 Å². The molecule has 0 spiro atoms. The first kappa shape index (κ1) is 16.5. The third kappa shape index (κ3) is 4.54. The van der Waals surface area contributed by atoms with Gasteiger partial charge in [0.15, 0.2) is 6.35 Å². The number of hydrogen-bond acceptors (Lipinski definition) is 1. The van der Waals surface area contributed by atoms with Crippen molar-refractivity contribution in [2.45, 2.75) is 20.8 Å². The van der Waals surface area contributed by atoms with Gasteiger partial charge in [0.1, 0.15) is 21.8 Å². The molecule has 0 saturated carbocycles. The van der Waals surface area contributed by atoms with Crippen LogP contribution in [0.3, 0.4) is 0 Å². The van der Waals surface area contributed by atoms with E-state index < -0.39 is 6.62 Å². The van der Waals surface area contributed by atoms with Crippen LogP contribution in [0.15, 0.2) is 60.7 Å². The van der Waals surface area contributed by atoms with Crippen LogP contribution < -0.4 is 10.6 Å². The smallest absolute Gasteiger partial charge is 0.204 e. The summed E-state index contributed by atoms with van der Waals surface area (Å²) in [5.74, 6) is 0. The summed E-state index contributed by atoms with van der Waals surface area (Å²) in [5.41, 5.74) is 0.148. The lowest BCUT2D eigenvalue weighted by molar-refractivity contribution is 0.104. The van der Waals surface area contributed by atoms with Crippen molar-refractivity contribution in [2.24, 2.45) is 5.41 Å². The van der Waals surface area contributed by atoms with Gasteiger partial charge in [-0.05, 0) is 29.7 Å². The summed E-state index contributed by atoms with van der Waals surface area (Å²) < 4.78 is 5.99. The molecule has 0 atom stereocenters. The normalized spacial score (nSPS) is 12.4. The zero-order valence-corrected chi connectivity index (χ0v) is 14.6. The van der Waals surface area contributed by atoms with Crippen LogP contribution in [-0.2, 0) is 4.74 Å². The second-order valence-electron chi connectivity index (χ2n) is 6.43. The minimum Gasteiger partial charge on any atom is -0.343 e. The van der Waals surface area contributed by atoms with Gasteiger partial charge < -0.3 is 4.74 Å². The molecule has 112 valence electrons. The standard InChI is InChI=1S/C18H23ClOP/c1-18(2,3)14-20-15-21(19,16-10-6-4-7-11-16)17-12-8-5-9-13-17/h4-13H,14-15H2,1-3H3/q+1. The molecule has 1 nitrogen and oxygen atoms in total. The molecule has 0 saturated heterocycles. The molecule has 21 heavy (non-hydrogen) atoms. The highest BCUT2D eigenvalue weighted by Gasteiger charge is 2.42. The van der Waals surface area contributed by atoms with Crippen molar-refractivity contribution in [2.75, 3.05) is 13.0 Å². The number of halogens is 1. The Bertz CT molecular complexity index is 509. The molecule has 0 aliphatic rings. The molecular formula is C18H23ClOP+. The Labute approximate surface area is 133 Å². The van der Waals surface area contributed by atoms with E-state index in [1.54, 1.807) is 0 Å². The third-order valence-corrected chi connectivity index (χ3v) is 7.37. The molecule has 0 aliphatic carbocycles. The summed E-state index contributed by atoms with van der Waals surface area (Å²) in [7, 11) is 0. The van der Waals surface area contributed by atoms with Gasteiger partial charge in [-0.15, -0.1) is 0 Å². The first-order chi connectivity index (χ1) is 9.92. The van der Waals surface area contributed by atoms with E-state index in [-0.39, 0.29) is 5.41 Å². The van der Waals surface area contributed by atoms with Crippen LogP contribution in [0, 0.1) is 5.41 Å². The molecule has 2 aromatic carbocycles. The maximum atomic E-state index is 7.11. The fourth-order valence-electron chi connectivity index (χ4n) is 2.10. The maximum Gasteiger partial charge on any atom is 0.204 e. The molecule has 0 fully saturated rings. The average Bonchev–Trinajstić information content (AvgIpc) is 2.47. The Hall–Kier alpha value is -0.880. The van der Waals surface area contributed by atoms with Gasteiger partial charge in [0, 0.05) is 0 Å². The highest BCUT2D eigenvalue weighted by atomic mass is 35.7. The summed E-state index contributed by atoms with van der Waals surface area (Å²) in [6.45, 7) is 5.22. The third-order valence-electron chi connectivity index (χ3n) is 3.14. The molecule has 0 aromatic heterocycles. The predicted octanol–water partition coefficient (Wildman–Crippen LogP) is 4.83. The van der Waals surface area contributed by atoms with Gasteiger partial charge in [0.05, 0.1) is 6.61 Å². The second kappa shape index (κ2) is 6.92. The number of ether oxygens (including phenoxy) is 1. The van der Waals surface area contributed by atoms with Gasteiger partial charge in [-0.1, -0.05) is 57.2 Å². The van der Waals surface area contributed by atoms with Crippen molar-refractivity contribution in [1.82, 2.24) is 0 Å². The van der Waals surface area contributed by atoms with E-state index in [1.165, 1.54) is 10.6 Å². The molecule has 0 heterocycles. The largest absolute Gasteiger partial charge is 0.343 e. The summed E-state index contributed by atoms with van der Waals surface area (Å²) in [6, 6.07) is 20.6. The molecule has 3 heteroatoms. The Morgan fingerprint density at radius 3 is 1.67 bits per heavy atom. The average molecular weight is 322 g/mol. The van der Waals surface area contributed by atoms with Crippen LogP contribution in [0.2, 0.25) is 0 Å². The molecular weight excluding hydrogens is 299 g/mol. The summed E-state index contributed by atoms with van der Waals surface area (Å²) >= 11 is 7.11. The van der Waals surface area contributed by atoms with E-state index in [2.05, 4.69) is 45.0 Å². The van der Waals surface area contributed by atoms with Crippen LogP contribution in [0.4, 0.5) is 0 Å². The van der Waals surface area contributed by atoms with Crippen LogP contribution >= 0.6 is 17.9 Å². The van der Waals surface area contributed by atoms with Gasteiger partial charge >= 0.3 is 0 Å². The van der Waals surface area contributed by atoms with Crippen LogP contribution in [0.5, 0.6) is 0 Å². The minimum absolute atomic E-state index is 0.148. The Balaban J connectivity index is 2.27. The Kier molecular flexibility index (Phi) is 5.43. The Morgan fingerprint density at radius 1 is 0.857 bits per heavy atom. The van der Waals surface area contributed by atoms with E-state index in [0.717, 1.165) is 0 Å². The van der Waals surface area contributed by atoms with Crippen molar-refractivity contribution in [3.05, 3.63) is 60.7 Å². The van der Waals surface area contributed by atoms with Crippen LogP contribution in [0.1, 0.15) is 20.8 Å². The summed E-state index contributed by atoms with van der Waals surface area (Å²) in [5, 5.41) is 2.35. The first-order valence-electron chi connectivity index (χ1n) is 7.18. The lowest BCUT2D eigenvalue weighted by atomic mass is 9.99. The van der Waals surface area contributed by atoms with Gasteiger partial charge in [-0.25, -0.2) is 0 Å². The molecule has 2 rings (SSSR count). The Morgan fingerprint density at radius 2 is 1.29 bits per heavy atom. The van der Waals surface area contributed by atoms with Crippen LogP contribution in [-0.4, -0.2) is 13.0 Å². The summed E-state index contributed by atoms with van der Waals surface area (Å²) in [6.07, 6.45) is 0.569. The first-order valence-corrected chi connectivity index (χ1v) is 10.1. The van der Waals surface area contributed by atoms with E-state index in [9.17, 15) is 0 Å². The van der Waals surface area contributed by atoms with E-state index in [4.69, 9.17) is 16.0 Å². The lowest BCUT2D eigenvalue weighted by Crippen LogP contribution is -2.24. The second-order valence-corrected chi connectivity index (χ2v) is 10.9. The van der Waals surface area contributed by atoms with Crippen molar-refractivity contribution >= 4 is 28.5 Å². The number of benzene rings is 2. The fraction of sp³-hybridized carbons (Fsp3) is 0.333. The number of rotatable bonds is 5. The molecule has 2 aromatic rings. The maximum absolute atomic E-state index is 7.11. The molecule has 0 radical (unpaired) electrons. The predicted molar refractivity (Wildman–Crippen MR) is 95.2 cm³/mol. The van der Waals surface area contributed by atoms with E-state index >= 15 is 0 Å². The molecule has 0 unspecified atom stereocenters. The van der Waals surface area contributed by atoms with E-state index in [0.29, 0.717) is 13.0 Å². The fourth-order valence-corrected chi connectivity index (χ4v) is 5.22. The van der Waals surface area contributed by atoms with Crippen molar-refractivity contribution in [1.29, 1.82) is 0 Å². The molecule has 0 aliphatic heterocycles. The highest BCUT2D eigenvalue weighted by Crippen LogP contribution is 2.61.